The van der Waals surface area contributed by atoms with E-state index in [1.165, 1.54) is 24.8 Å². The molecule has 3 amide bonds. The largest absolute Gasteiger partial charge is 0.412 e. The molecule has 2 aromatic rings. The summed E-state index contributed by atoms with van der Waals surface area (Å²) in [5, 5.41) is 2.90. The Morgan fingerprint density at radius 3 is 2.51 bits per heavy atom. The number of amides is 3. The molecule has 1 spiro atoms. The third kappa shape index (κ3) is 4.56. The number of urea groups is 1. The van der Waals surface area contributed by atoms with Gasteiger partial charge in [0.25, 0.3) is 0 Å². The Bertz CT molecular complexity index is 1010. The minimum absolute atomic E-state index is 0.0235. The van der Waals surface area contributed by atoms with Crippen molar-refractivity contribution in [2.75, 3.05) is 33.7 Å². The van der Waals surface area contributed by atoms with E-state index in [0.717, 1.165) is 32.2 Å². The van der Waals surface area contributed by atoms with E-state index in [1.807, 2.05) is 0 Å². The van der Waals surface area contributed by atoms with Gasteiger partial charge in [-0.25, -0.2) is 4.79 Å². The van der Waals surface area contributed by atoms with E-state index in [0.29, 0.717) is 19.1 Å². The lowest BCUT2D eigenvalue weighted by Crippen LogP contribution is -2.56. The van der Waals surface area contributed by atoms with Crippen LogP contribution in [0.1, 0.15) is 50.5 Å². The maximum atomic E-state index is 13.6. The zero-order chi connectivity index (χ0) is 24.5. The summed E-state index contributed by atoms with van der Waals surface area (Å²) in [7, 11) is 4.34. The number of nitrogens with zero attached hydrogens (tertiary/aromatic N) is 4. The van der Waals surface area contributed by atoms with Crippen LogP contribution < -0.4 is 9.88 Å². The van der Waals surface area contributed by atoms with Crippen molar-refractivity contribution >= 4 is 11.9 Å². The van der Waals surface area contributed by atoms with Crippen LogP contribution in [0.25, 0.3) is 0 Å². The highest BCUT2D eigenvalue weighted by Gasteiger charge is 2.55. The molecule has 1 aromatic carbocycles. The molecule has 2 saturated carbocycles. The molecule has 2 aliphatic carbocycles. The van der Waals surface area contributed by atoms with E-state index >= 15 is 0 Å². The first kappa shape index (κ1) is 23.9. The molecule has 35 heavy (non-hydrogen) atoms. The second-order valence-corrected chi connectivity index (χ2v) is 10.9. The zero-order valence-electron chi connectivity index (χ0n) is 21.0. The molecule has 0 bridgehead atoms. The molecule has 1 N–H and O–H groups in total. The van der Waals surface area contributed by atoms with E-state index in [2.05, 4.69) is 59.5 Å². The summed E-state index contributed by atoms with van der Waals surface area (Å²) >= 11 is 0. The minimum atomic E-state index is -0.194. The van der Waals surface area contributed by atoms with Gasteiger partial charge in [0.15, 0.2) is 6.26 Å². The van der Waals surface area contributed by atoms with Crippen LogP contribution in [-0.2, 0) is 17.0 Å². The van der Waals surface area contributed by atoms with Crippen molar-refractivity contribution in [3.05, 3.63) is 54.7 Å². The number of aromatic nitrogens is 1. The summed E-state index contributed by atoms with van der Waals surface area (Å²) in [5.41, 5.74) is 1.13. The van der Waals surface area contributed by atoms with Gasteiger partial charge >= 0.3 is 12.4 Å². The van der Waals surface area contributed by atoms with E-state index in [1.54, 1.807) is 28.3 Å². The van der Waals surface area contributed by atoms with Gasteiger partial charge in [-0.1, -0.05) is 36.8 Å². The van der Waals surface area contributed by atoms with Crippen molar-refractivity contribution in [2.45, 2.75) is 62.7 Å². The lowest BCUT2D eigenvalue weighted by Gasteiger charge is -2.51. The number of hydrogen-bond acceptors (Lipinski definition) is 4. The Kier molecular flexibility index (Phi) is 6.57. The molecule has 1 aromatic heterocycles. The molecule has 1 aliphatic heterocycles. The third-order valence-electron chi connectivity index (χ3n) is 8.72. The molecule has 3 aliphatic rings. The number of oxazole rings is 1. The maximum Gasteiger partial charge on any atom is 0.335 e. The SMILES string of the molecule is CN(C)C1(c2ccccc2)CCC2(CC1)CN(CC(=O)NC[n+]1ccoc1)C(=O)N2CC1CCC1. The number of carbonyl (C=O) groups excluding carboxylic acids is 2. The summed E-state index contributed by atoms with van der Waals surface area (Å²) in [4.78, 5) is 32.6. The predicted molar refractivity (Wildman–Crippen MR) is 131 cm³/mol. The van der Waals surface area contributed by atoms with Gasteiger partial charge in [-0.2, -0.15) is 4.57 Å². The average Bonchev–Trinajstić information content (AvgIpc) is 3.43. The first-order valence-corrected chi connectivity index (χ1v) is 12.9. The van der Waals surface area contributed by atoms with Crippen molar-refractivity contribution in [2.24, 2.45) is 5.92 Å². The predicted octanol–water partition coefficient (Wildman–Crippen LogP) is 2.95. The molecular weight excluding hydrogens is 442 g/mol. The van der Waals surface area contributed by atoms with Gasteiger partial charge in [0.1, 0.15) is 6.54 Å². The van der Waals surface area contributed by atoms with Crippen molar-refractivity contribution in [3.63, 3.8) is 0 Å². The molecular formula is C27H38N5O3+. The van der Waals surface area contributed by atoms with Gasteiger partial charge in [-0.15, -0.1) is 0 Å². The standard InChI is InChI=1S/C27H37N5O3/c1-29(2)27(23-9-4-3-5-10-23)13-11-26(12-14-27)19-31(25(34)32(26)17-22-7-6-8-22)18-24(33)28-20-30-15-16-35-21-30/h3-5,9-10,15-16,21-22H,6-8,11-14,17-20H2,1-2H3/p+1. The highest BCUT2D eigenvalue weighted by molar-refractivity contribution is 5.85. The molecule has 3 fully saturated rings. The van der Waals surface area contributed by atoms with Crippen LogP contribution in [0.4, 0.5) is 4.79 Å². The van der Waals surface area contributed by atoms with Crippen LogP contribution in [0.3, 0.4) is 0 Å². The number of benzene rings is 1. The maximum absolute atomic E-state index is 13.6. The highest BCUT2D eigenvalue weighted by atomic mass is 16.3. The molecule has 8 heteroatoms. The Morgan fingerprint density at radius 1 is 1.17 bits per heavy atom. The van der Waals surface area contributed by atoms with E-state index in [9.17, 15) is 9.59 Å². The van der Waals surface area contributed by atoms with E-state index in [4.69, 9.17) is 4.42 Å². The quantitative estimate of drug-likeness (QED) is 0.590. The Balaban J connectivity index is 1.31. The highest BCUT2D eigenvalue weighted by Crippen LogP contribution is 2.49. The van der Waals surface area contributed by atoms with Crippen LogP contribution >= 0.6 is 0 Å². The lowest BCUT2D eigenvalue weighted by molar-refractivity contribution is -0.702. The lowest BCUT2D eigenvalue weighted by atomic mass is 9.68. The molecule has 0 unspecified atom stereocenters. The Labute approximate surface area is 207 Å². The van der Waals surface area contributed by atoms with Gasteiger partial charge < -0.3 is 14.2 Å². The van der Waals surface area contributed by atoms with E-state index in [-0.39, 0.29) is 29.6 Å². The molecule has 5 rings (SSSR count). The number of carbonyl (C=O) groups is 2. The Hall–Kier alpha value is -2.87. The summed E-state index contributed by atoms with van der Waals surface area (Å²) in [6.45, 7) is 1.87. The second-order valence-electron chi connectivity index (χ2n) is 10.9. The molecule has 8 nitrogen and oxygen atoms in total. The summed E-state index contributed by atoms with van der Waals surface area (Å²) in [6, 6.07) is 10.8. The van der Waals surface area contributed by atoms with Crippen LogP contribution in [0.2, 0.25) is 0 Å². The van der Waals surface area contributed by atoms with Crippen LogP contribution in [0.5, 0.6) is 0 Å². The van der Waals surface area contributed by atoms with Crippen molar-refractivity contribution < 1.29 is 18.6 Å². The minimum Gasteiger partial charge on any atom is -0.412 e. The molecule has 0 atom stereocenters. The molecule has 2 heterocycles. The van der Waals surface area contributed by atoms with Gasteiger partial charge in [-0.3, -0.25) is 15.0 Å². The van der Waals surface area contributed by atoms with Crippen molar-refractivity contribution in [1.29, 1.82) is 0 Å². The van der Waals surface area contributed by atoms with E-state index < -0.39 is 0 Å². The zero-order valence-corrected chi connectivity index (χ0v) is 21.0. The first-order chi connectivity index (χ1) is 16.9. The fourth-order valence-electron chi connectivity index (χ4n) is 6.27. The van der Waals surface area contributed by atoms with Crippen LogP contribution in [0, 0.1) is 5.92 Å². The fourth-order valence-corrected chi connectivity index (χ4v) is 6.27. The Morgan fingerprint density at radius 2 is 1.91 bits per heavy atom. The molecule has 1 saturated heterocycles. The monoisotopic (exact) mass is 480 g/mol. The summed E-state index contributed by atoms with van der Waals surface area (Å²) in [5.74, 6) is 0.451. The summed E-state index contributed by atoms with van der Waals surface area (Å²) in [6.07, 6.45) is 12.4. The topological polar surface area (TPSA) is 72.9 Å². The molecule has 0 radical (unpaired) electrons. The first-order valence-electron chi connectivity index (χ1n) is 12.9. The fraction of sp³-hybridized carbons (Fsp3) is 0.593. The van der Waals surface area contributed by atoms with Crippen molar-refractivity contribution in [1.82, 2.24) is 20.0 Å². The normalized spacial score (nSPS) is 27.0. The number of rotatable bonds is 8. The number of nitrogens with one attached hydrogen (secondary N) is 1. The summed E-state index contributed by atoms with van der Waals surface area (Å²) < 4.78 is 6.79. The number of hydrogen-bond donors (Lipinski definition) is 1. The van der Waals surface area contributed by atoms with Crippen molar-refractivity contribution in [3.8, 4) is 0 Å². The smallest absolute Gasteiger partial charge is 0.335 e. The van der Waals surface area contributed by atoms with Gasteiger partial charge in [0.05, 0.1) is 5.54 Å². The van der Waals surface area contributed by atoms with Gasteiger partial charge in [-0.05, 0) is 64.1 Å². The average molecular weight is 481 g/mol. The van der Waals surface area contributed by atoms with Crippen LogP contribution in [0.15, 0.2) is 53.6 Å². The third-order valence-corrected chi connectivity index (χ3v) is 8.72. The van der Waals surface area contributed by atoms with Gasteiger partial charge in [0.2, 0.25) is 18.8 Å². The second kappa shape index (κ2) is 9.64. The van der Waals surface area contributed by atoms with Gasteiger partial charge in [0, 0.05) is 18.6 Å². The van der Waals surface area contributed by atoms with Crippen LogP contribution in [-0.4, -0.2) is 65.9 Å². The molecule has 188 valence electrons.